The van der Waals surface area contributed by atoms with Crippen LogP contribution in [0.5, 0.6) is 0 Å². The van der Waals surface area contributed by atoms with E-state index in [1.54, 1.807) is 4.57 Å². The predicted octanol–water partition coefficient (Wildman–Crippen LogP) is -0.443. The van der Waals surface area contributed by atoms with Gasteiger partial charge in [-0.3, -0.25) is 18.2 Å². The number of imidazole rings is 2. The number of nitrogens with two attached hydrogens (primary N) is 2. The number of nitrogens with one attached hydrogen (secondary N) is 2. The van der Waals surface area contributed by atoms with Crippen LogP contribution < -0.4 is 11.5 Å². The maximum Gasteiger partial charge on any atom is 0.472 e. The molecule has 226 valence electrons. The van der Waals surface area contributed by atoms with Gasteiger partial charge in [-0.05, 0) is 0 Å². The number of phosphoric acid groups is 1. The van der Waals surface area contributed by atoms with Crippen molar-refractivity contribution in [3.8, 4) is 0 Å². The van der Waals surface area contributed by atoms with Crippen molar-refractivity contribution in [3.05, 3.63) is 21.9 Å². The second kappa shape index (κ2) is 11.0. The lowest BCUT2D eigenvalue weighted by Gasteiger charge is -2.20. The van der Waals surface area contributed by atoms with Crippen LogP contribution in [0.4, 0.5) is 11.9 Å². The predicted molar refractivity (Wildman–Crippen MR) is 146 cm³/mol. The number of phosphoric ester groups is 1. The van der Waals surface area contributed by atoms with Gasteiger partial charge in [0.2, 0.25) is 0 Å². The fourth-order valence-corrected chi connectivity index (χ4v) is 6.06. The monoisotopic (exact) mass is 644 g/mol. The van der Waals surface area contributed by atoms with Crippen LogP contribution in [0.25, 0.3) is 22.3 Å². The van der Waals surface area contributed by atoms with Gasteiger partial charge in [-0.2, -0.15) is 0 Å². The molecule has 6 rings (SSSR count). The summed E-state index contributed by atoms with van der Waals surface area (Å²) in [5.74, 6) is 0.0816. The van der Waals surface area contributed by atoms with E-state index in [4.69, 9.17) is 54.4 Å². The van der Waals surface area contributed by atoms with Crippen LogP contribution in [0.3, 0.4) is 0 Å². The molecule has 2 saturated heterocycles. The zero-order chi connectivity index (χ0) is 29.9. The van der Waals surface area contributed by atoms with Gasteiger partial charge in [-0.15, -0.1) is 0 Å². The van der Waals surface area contributed by atoms with Crippen molar-refractivity contribution >= 4 is 66.5 Å². The van der Waals surface area contributed by atoms with Crippen molar-refractivity contribution in [1.82, 2.24) is 39.0 Å². The first kappa shape index (κ1) is 29.1. The van der Waals surface area contributed by atoms with E-state index >= 15 is 0 Å². The van der Waals surface area contributed by atoms with Gasteiger partial charge in [0.05, 0.1) is 32.0 Å². The van der Waals surface area contributed by atoms with E-state index in [2.05, 4.69) is 29.9 Å². The number of aromatic nitrogens is 8. The summed E-state index contributed by atoms with van der Waals surface area (Å²) in [4.78, 5) is 32.1. The minimum atomic E-state index is -4.73. The SMILES string of the molecule is Nc1nc(=S)c2ncn([C@@H]3O[C@H](COP(=O)(O)OC[C@H]4O[C@@H](n5cnc6c(=S)nc(N)[nH]c65)C[C@H]4O)[C@H](O)[C@@H]3O)c2[nH]1. The highest BCUT2D eigenvalue weighted by atomic mass is 32.1. The molecule has 0 aromatic carbocycles. The van der Waals surface area contributed by atoms with Crippen LogP contribution in [-0.2, 0) is 23.1 Å². The lowest BCUT2D eigenvalue weighted by molar-refractivity contribution is -0.0589. The summed E-state index contributed by atoms with van der Waals surface area (Å²) >= 11 is 10.3. The van der Waals surface area contributed by atoms with Crippen LogP contribution >= 0.6 is 32.3 Å². The van der Waals surface area contributed by atoms with E-state index in [1.165, 1.54) is 17.2 Å². The molecule has 0 radical (unpaired) electrons. The molecule has 4 aromatic rings. The standard InChI is InChI=1S/C20H25N10O9PS2/c21-19-25-14-10(16(41)27-19)23-4-29(14)9-1-6(31)7(38-9)2-36-40(34,35)37-3-8-12(32)13(33)18(39-8)30-5-24-11-15(30)26-20(22)28-17(11)42/h4-9,12-13,18,31-33H,1-3H2,(H,34,35)(H3,21,25,27,41)(H3,22,26,28,42)/t6-,7-,8-,9-,12+,13+,18-/m1/s1. The number of ether oxygens (including phenoxy) is 2. The molecule has 6 heterocycles. The minimum absolute atomic E-state index is 0.00697. The molecular weight excluding hydrogens is 619 g/mol. The third-order valence-corrected chi connectivity index (χ3v) is 8.38. The second-order valence-corrected chi connectivity index (χ2v) is 11.8. The van der Waals surface area contributed by atoms with Crippen LogP contribution in [-0.4, -0.2) is 103 Å². The quantitative estimate of drug-likeness (QED) is 0.0891. The normalized spacial score (nSPS) is 29.5. The van der Waals surface area contributed by atoms with E-state index in [1.807, 2.05) is 0 Å². The Bertz CT molecular complexity index is 1810. The summed E-state index contributed by atoms with van der Waals surface area (Å²) in [6, 6.07) is 0. The van der Waals surface area contributed by atoms with E-state index < -0.39 is 64.0 Å². The lowest BCUT2D eigenvalue weighted by atomic mass is 10.1. The Morgan fingerprint density at radius 2 is 1.48 bits per heavy atom. The highest BCUT2D eigenvalue weighted by molar-refractivity contribution is 7.71. The molecule has 0 spiro atoms. The number of nitrogens with zero attached hydrogens (tertiary/aromatic N) is 6. The van der Waals surface area contributed by atoms with Gasteiger partial charge in [-0.1, -0.05) is 24.4 Å². The average molecular weight is 645 g/mol. The highest BCUT2D eigenvalue weighted by Gasteiger charge is 2.45. The highest BCUT2D eigenvalue weighted by Crippen LogP contribution is 2.45. The number of rotatable bonds is 8. The summed E-state index contributed by atoms with van der Waals surface area (Å²) in [5.41, 5.74) is 12.9. The first-order valence-electron chi connectivity index (χ1n) is 12.3. The molecular formula is C20H25N10O9PS2. The number of fused-ring (bicyclic) bond motifs is 2. The van der Waals surface area contributed by atoms with Gasteiger partial charge in [-0.25, -0.2) is 24.5 Å². The second-order valence-electron chi connectivity index (χ2n) is 9.59. The largest absolute Gasteiger partial charge is 0.472 e. The Labute approximate surface area is 244 Å². The summed E-state index contributed by atoms with van der Waals surface area (Å²) in [7, 11) is -4.73. The molecule has 0 saturated carbocycles. The lowest BCUT2D eigenvalue weighted by Crippen LogP contribution is -2.33. The first-order chi connectivity index (χ1) is 19.9. The van der Waals surface area contributed by atoms with E-state index in [0.717, 1.165) is 0 Å². The van der Waals surface area contributed by atoms with Gasteiger partial charge < -0.3 is 51.1 Å². The van der Waals surface area contributed by atoms with E-state index in [9.17, 15) is 24.8 Å². The Morgan fingerprint density at radius 1 is 0.929 bits per heavy atom. The van der Waals surface area contributed by atoms with E-state index in [0.29, 0.717) is 22.3 Å². The van der Waals surface area contributed by atoms with Crippen molar-refractivity contribution in [2.24, 2.45) is 0 Å². The molecule has 4 aromatic heterocycles. The van der Waals surface area contributed by atoms with Crippen molar-refractivity contribution < 1.29 is 43.3 Å². The van der Waals surface area contributed by atoms with Crippen LogP contribution in [0.15, 0.2) is 12.7 Å². The van der Waals surface area contributed by atoms with Gasteiger partial charge in [0.15, 0.2) is 27.4 Å². The number of anilines is 2. The fourth-order valence-electron chi connectivity index (χ4n) is 4.82. The Morgan fingerprint density at radius 3 is 2.10 bits per heavy atom. The topological polar surface area (TPSA) is 280 Å². The summed E-state index contributed by atoms with van der Waals surface area (Å²) in [6.45, 7) is -1.13. The Balaban J connectivity index is 1.07. The smallest absolute Gasteiger partial charge is 0.390 e. The minimum Gasteiger partial charge on any atom is -0.390 e. The summed E-state index contributed by atoms with van der Waals surface area (Å²) in [6.07, 6.45) is -5.28. The Kier molecular flexibility index (Phi) is 7.60. The average Bonchev–Trinajstić information content (AvgIpc) is 3.68. The molecule has 2 aliphatic heterocycles. The zero-order valence-electron chi connectivity index (χ0n) is 21.2. The van der Waals surface area contributed by atoms with Crippen LogP contribution in [0, 0.1) is 9.28 Å². The number of hydrogen-bond acceptors (Lipinski definition) is 16. The molecule has 0 aliphatic carbocycles. The molecule has 0 bridgehead atoms. The molecule has 42 heavy (non-hydrogen) atoms. The number of aliphatic hydroxyl groups excluding tert-OH is 3. The van der Waals surface area contributed by atoms with Gasteiger partial charge in [0, 0.05) is 6.42 Å². The molecule has 22 heteroatoms. The number of H-pyrrole nitrogens is 2. The van der Waals surface area contributed by atoms with Gasteiger partial charge in [0.1, 0.15) is 53.0 Å². The zero-order valence-corrected chi connectivity index (χ0v) is 23.8. The molecule has 19 nitrogen and oxygen atoms in total. The van der Waals surface area contributed by atoms with E-state index in [-0.39, 0.29) is 27.6 Å². The van der Waals surface area contributed by atoms with Crippen molar-refractivity contribution in [2.45, 2.75) is 49.4 Å². The van der Waals surface area contributed by atoms with Crippen molar-refractivity contribution in [2.75, 3.05) is 24.7 Å². The third-order valence-electron chi connectivity index (χ3n) is 6.86. The summed E-state index contributed by atoms with van der Waals surface area (Å²) < 4.78 is 37.5. The molecule has 10 N–H and O–H groups in total. The van der Waals surface area contributed by atoms with Crippen molar-refractivity contribution in [1.29, 1.82) is 0 Å². The number of nitrogen functional groups attached to an aromatic ring is 2. The number of aliphatic hydroxyl groups is 3. The van der Waals surface area contributed by atoms with Gasteiger partial charge >= 0.3 is 7.82 Å². The Hall–Kier alpha value is -2.95. The first-order valence-corrected chi connectivity index (χ1v) is 14.6. The maximum atomic E-state index is 12.6. The summed E-state index contributed by atoms with van der Waals surface area (Å²) in [5, 5.41) is 31.6. The molecule has 0 amide bonds. The number of aromatic amines is 2. The van der Waals surface area contributed by atoms with Gasteiger partial charge in [0.25, 0.3) is 0 Å². The molecule has 2 aliphatic rings. The maximum absolute atomic E-state index is 12.6. The molecule has 2 fully saturated rings. The van der Waals surface area contributed by atoms with Crippen LogP contribution in [0.2, 0.25) is 0 Å². The van der Waals surface area contributed by atoms with Crippen molar-refractivity contribution in [3.63, 3.8) is 0 Å². The van der Waals surface area contributed by atoms with Crippen LogP contribution in [0.1, 0.15) is 18.9 Å². The number of hydrogen-bond donors (Lipinski definition) is 8. The molecule has 1 unspecified atom stereocenters. The fraction of sp³-hybridized carbons (Fsp3) is 0.500. The third kappa shape index (κ3) is 5.33. The molecule has 8 atom stereocenters.